The second kappa shape index (κ2) is 8.54. The quantitative estimate of drug-likeness (QED) is 0.536. The Labute approximate surface area is 174 Å². The van der Waals surface area contributed by atoms with E-state index in [-0.39, 0.29) is 18.2 Å². The highest BCUT2D eigenvalue weighted by Gasteiger charge is 2.44. The Balaban J connectivity index is 2.03. The minimum atomic E-state index is -4.93. The van der Waals surface area contributed by atoms with Gasteiger partial charge in [-0.3, -0.25) is 4.79 Å². The Morgan fingerprint density at radius 2 is 1.89 bits per heavy atom. The Morgan fingerprint density at radius 3 is 2.33 bits per heavy atom. The Morgan fingerprint density at radius 1 is 1.30 bits per heavy atom. The molecule has 0 bridgehead atoms. The Hall–Kier alpha value is -1.04. The van der Waals surface area contributed by atoms with Gasteiger partial charge in [-0.05, 0) is 73.6 Å². The lowest BCUT2D eigenvalue weighted by atomic mass is 9.96. The van der Waals surface area contributed by atoms with Crippen molar-refractivity contribution >= 4 is 51.6 Å². The van der Waals surface area contributed by atoms with Crippen molar-refractivity contribution in [1.82, 2.24) is 4.90 Å². The van der Waals surface area contributed by atoms with Crippen LogP contribution in [0.25, 0.3) is 0 Å². The molecule has 0 atom stereocenters. The van der Waals surface area contributed by atoms with Crippen molar-refractivity contribution in [1.29, 1.82) is 0 Å². The van der Waals surface area contributed by atoms with Crippen LogP contribution in [0.3, 0.4) is 0 Å². The molecule has 10 heteroatoms. The van der Waals surface area contributed by atoms with Crippen LogP contribution in [-0.4, -0.2) is 48.3 Å². The van der Waals surface area contributed by atoms with Crippen LogP contribution in [0.4, 0.5) is 23.7 Å². The van der Waals surface area contributed by atoms with E-state index in [0.717, 1.165) is 4.90 Å². The van der Waals surface area contributed by atoms with Crippen molar-refractivity contribution in [3.8, 4) is 0 Å². The largest absolute Gasteiger partial charge is 0.471 e. The van der Waals surface area contributed by atoms with Crippen LogP contribution in [0, 0.1) is 8.80 Å². The molecule has 0 radical (unpaired) electrons. The molecule has 1 aromatic rings. The molecule has 1 fully saturated rings. The van der Waals surface area contributed by atoms with Crippen LogP contribution in [0.1, 0.15) is 33.6 Å². The van der Waals surface area contributed by atoms with Gasteiger partial charge in [0, 0.05) is 19.6 Å². The molecular formula is C17H22F3IN2O3S. The number of hydrogen-bond donors (Lipinski definition) is 0. The van der Waals surface area contributed by atoms with Crippen molar-refractivity contribution in [2.75, 3.05) is 24.5 Å². The van der Waals surface area contributed by atoms with E-state index in [9.17, 15) is 22.8 Å². The summed E-state index contributed by atoms with van der Waals surface area (Å²) in [6.45, 7) is 6.11. The van der Waals surface area contributed by atoms with Gasteiger partial charge in [-0.15, -0.1) is 11.3 Å². The molecule has 2 heterocycles. The molecular weight excluding hydrogens is 496 g/mol. The molecule has 1 saturated heterocycles. The van der Waals surface area contributed by atoms with E-state index in [0.29, 0.717) is 28.8 Å². The van der Waals surface area contributed by atoms with Gasteiger partial charge >= 0.3 is 18.2 Å². The van der Waals surface area contributed by atoms with Crippen LogP contribution in [0.5, 0.6) is 0 Å². The molecule has 1 aromatic heterocycles. The summed E-state index contributed by atoms with van der Waals surface area (Å²) >= 11 is 3.23. The fraction of sp³-hybridized carbons (Fsp3) is 0.647. The van der Waals surface area contributed by atoms with Crippen molar-refractivity contribution in [2.24, 2.45) is 5.92 Å². The summed E-state index contributed by atoms with van der Waals surface area (Å²) in [6.07, 6.45) is -4.32. The van der Waals surface area contributed by atoms with Crippen LogP contribution in [0.15, 0.2) is 11.4 Å². The zero-order chi connectivity index (χ0) is 20.4. The van der Waals surface area contributed by atoms with Gasteiger partial charge < -0.3 is 14.5 Å². The standard InChI is InChI=1S/C17H22F3IN2O3S/c1-16(2,3)26-15(25)22-7-4-11(5-8-22)10-23(14(24)17(18,19)20)12-6-9-27-13(12)21/h6,9,11H,4-5,7-8,10H2,1-3H3. The second-order valence-electron chi connectivity index (χ2n) is 7.40. The predicted molar refractivity (Wildman–Crippen MR) is 106 cm³/mol. The molecule has 2 rings (SSSR count). The van der Waals surface area contributed by atoms with Crippen molar-refractivity contribution in [2.45, 2.75) is 45.4 Å². The molecule has 2 amide bonds. The first-order chi connectivity index (χ1) is 12.4. The van der Waals surface area contributed by atoms with Crippen molar-refractivity contribution in [3.63, 3.8) is 0 Å². The summed E-state index contributed by atoms with van der Waals surface area (Å²) in [6, 6.07) is 1.53. The average molecular weight is 518 g/mol. The minimum Gasteiger partial charge on any atom is -0.444 e. The van der Waals surface area contributed by atoms with Crippen LogP contribution in [0.2, 0.25) is 0 Å². The Kier molecular flexibility index (Phi) is 7.04. The van der Waals surface area contributed by atoms with E-state index < -0.39 is 23.8 Å². The van der Waals surface area contributed by atoms with Gasteiger partial charge in [-0.25, -0.2) is 4.79 Å². The first-order valence-corrected chi connectivity index (χ1v) is 10.4. The number of likely N-dealkylation sites (tertiary alicyclic amines) is 1. The van der Waals surface area contributed by atoms with E-state index in [2.05, 4.69) is 0 Å². The number of ether oxygens (including phenoxy) is 1. The molecule has 5 nitrogen and oxygen atoms in total. The number of thiophene rings is 1. The third-order valence-electron chi connectivity index (χ3n) is 4.08. The molecule has 0 spiro atoms. The number of rotatable bonds is 3. The molecule has 0 unspecified atom stereocenters. The zero-order valence-corrected chi connectivity index (χ0v) is 18.3. The number of halogens is 4. The summed E-state index contributed by atoms with van der Waals surface area (Å²) < 4.78 is 45.1. The van der Waals surface area contributed by atoms with E-state index >= 15 is 0 Å². The maximum atomic E-state index is 13.0. The summed E-state index contributed by atoms with van der Waals surface area (Å²) in [5.41, 5.74) is -0.308. The molecule has 1 aliphatic heterocycles. The molecule has 0 N–H and O–H groups in total. The first-order valence-electron chi connectivity index (χ1n) is 8.48. The molecule has 1 aliphatic rings. The van der Waals surface area contributed by atoms with Gasteiger partial charge in [-0.1, -0.05) is 0 Å². The highest BCUT2D eigenvalue weighted by atomic mass is 127. The van der Waals surface area contributed by atoms with Crippen LogP contribution in [-0.2, 0) is 9.53 Å². The molecule has 0 aliphatic carbocycles. The second-order valence-corrected chi connectivity index (χ2v) is 10.1. The normalized spacial score (nSPS) is 16.3. The smallest absolute Gasteiger partial charge is 0.444 e. The number of amides is 2. The van der Waals surface area contributed by atoms with E-state index in [1.807, 2.05) is 22.6 Å². The SMILES string of the molecule is CC(C)(C)OC(=O)N1CCC(CN(C(=O)C(F)(F)F)c2ccsc2I)CC1. The van der Waals surface area contributed by atoms with E-state index in [1.165, 1.54) is 17.4 Å². The number of hydrogen-bond acceptors (Lipinski definition) is 4. The van der Waals surface area contributed by atoms with Crippen molar-refractivity contribution in [3.05, 3.63) is 14.3 Å². The van der Waals surface area contributed by atoms with Gasteiger partial charge in [0.25, 0.3) is 0 Å². The summed E-state index contributed by atoms with van der Waals surface area (Å²) in [5, 5.41) is 1.67. The predicted octanol–water partition coefficient (Wildman–Crippen LogP) is 4.90. The first kappa shape index (κ1) is 22.3. The third kappa shape index (κ3) is 6.23. The molecule has 152 valence electrons. The summed E-state index contributed by atoms with van der Waals surface area (Å²) in [7, 11) is 0. The summed E-state index contributed by atoms with van der Waals surface area (Å²) in [4.78, 5) is 26.4. The topological polar surface area (TPSA) is 49.9 Å². The van der Waals surface area contributed by atoms with E-state index in [1.54, 1.807) is 31.1 Å². The number of alkyl halides is 3. The lowest BCUT2D eigenvalue weighted by molar-refractivity contribution is -0.170. The minimum absolute atomic E-state index is 0.0206. The molecule has 27 heavy (non-hydrogen) atoms. The lowest BCUT2D eigenvalue weighted by Gasteiger charge is -2.35. The third-order valence-corrected chi connectivity index (χ3v) is 6.09. The monoisotopic (exact) mass is 518 g/mol. The highest BCUT2D eigenvalue weighted by molar-refractivity contribution is 14.1. The number of carbonyl (C=O) groups excluding carboxylic acids is 2. The maximum Gasteiger partial charge on any atom is 0.471 e. The van der Waals surface area contributed by atoms with Crippen molar-refractivity contribution < 1.29 is 27.5 Å². The molecule has 0 saturated carbocycles. The summed E-state index contributed by atoms with van der Waals surface area (Å²) in [5.74, 6) is -1.97. The van der Waals surface area contributed by atoms with Gasteiger partial charge in [0.15, 0.2) is 0 Å². The number of piperidine rings is 1. The van der Waals surface area contributed by atoms with Crippen LogP contribution >= 0.6 is 33.9 Å². The Bertz CT molecular complexity index is 680. The maximum absolute atomic E-state index is 13.0. The van der Waals surface area contributed by atoms with E-state index in [4.69, 9.17) is 4.74 Å². The highest BCUT2D eigenvalue weighted by Crippen LogP contribution is 2.33. The lowest BCUT2D eigenvalue weighted by Crippen LogP contribution is -2.47. The number of nitrogens with zero attached hydrogens (tertiary/aromatic N) is 2. The molecule has 0 aromatic carbocycles. The van der Waals surface area contributed by atoms with Gasteiger partial charge in [0.1, 0.15) is 5.60 Å². The number of anilines is 1. The fourth-order valence-electron chi connectivity index (χ4n) is 2.81. The van der Waals surface area contributed by atoms with Gasteiger partial charge in [-0.2, -0.15) is 13.2 Å². The van der Waals surface area contributed by atoms with Crippen LogP contribution < -0.4 is 4.90 Å². The van der Waals surface area contributed by atoms with Gasteiger partial charge in [0.05, 0.1) is 8.57 Å². The fourth-order valence-corrected chi connectivity index (χ4v) is 4.33. The van der Waals surface area contributed by atoms with Gasteiger partial charge in [0.2, 0.25) is 0 Å². The average Bonchev–Trinajstić information content (AvgIpc) is 2.96. The zero-order valence-electron chi connectivity index (χ0n) is 15.3. The number of carbonyl (C=O) groups is 2.